The molecular weight excluding hydrogens is 212 g/mol. The van der Waals surface area contributed by atoms with Crippen molar-refractivity contribution in [3.8, 4) is 0 Å². The average molecular weight is 230 g/mol. The van der Waals surface area contributed by atoms with E-state index in [2.05, 4.69) is 11.9 Å². The van der Waals surface area contributed by atoms with E-state index in [1.807, 2.05) is 0 Å². The van der Waals surface area contributed by atoms with E-state index in [4.69, 9.17) is 15.2 Å². The third-order valence-corrected chi connectivity index (χ3v) is 1.29. The van der Waals surface area contributed by atoms with Gasteiger partial charge in [-0.05, 0) is 20.8 Å². The maximum atomic E-state index is 11.3. The molecule has 3 N–H and O–H groups in total. The predicted octanol–water partition coefficient (Wildman–Crippen LogP) is 0.525. The van der Waals surface area contributed by atoms with E-state index in [1.54, 1.807) is 20.8 Å². The number of hydrogen-bond donors (Lipinski definition) is 2. The maximum Gasteiger partial charge on any atom is 0.410 e. The fourth-order valence-corrected chi connectivity index (χ4v) is 0.774. The first-order valence-electron chi connectivity index (χ1n) is 4.77. The second kappa shape index (κ2) is 6.12. The molecule has 0 bridgehead atoms. The minimum atomic E-state index is -1.21. The molecule has 1 atom stereocenters. The van der Waals surface area contributed by atoms with Crippen LogP contribution in [-0.4, -0.2) is 30.4 Å². The fourth-order valence-electron chi connectivity index (χ4n) is 0.774. The summed E-state index contributed by atoms with van der Waals surface area (Å²) in [6.45, 7) is 8.62. The number of nitrogens with one attached hydrogen (secondary N) is 1. The molecule has 0 aromatic heterocycles. The molecule has 1 unspecified atom stereocenters. The summed E-state index contributed by atoms with van der Waals surface area (Å²) in [5, 5.41) is 2.20. The van der Waals surface area contributed by atoms with Gasteiger partial charge in [0.2, 0.25) is 6.23 Å². The zero-order valence-corrected chi connectivity index (χ0v) is 9.78. The number of primary amides is 1. The SMILES string of the molecule is C=CCOC(NC(=O)OC(C)(C)C)C(N)=O. The third-order valence-electron chi connectivity index (χ3n) is 1.29. The summed E-state index contributed by atoms with van der Waals surface area (Å²) in [6, 6.07) is 0. The highest BCUT2D eigenvalue weighted by molar-refractivity contribution is 5.82. The van der Waals surface area contributed by atoms with Gasteiger partial charge in [-0.1, -0.05) is 6.08 Å². The molecule has 0 rings (SSSR count). The molecule has 0 saturated carbocycles. The molecule has 0 aliphatic carbocycles. The Morgan fingerprint density at radius 2 is 2.06 bits per heavy atom. The number of amides is 2. The van der Waals surface area contributed by atoms with Crippen molar-refractivity contribution in [3.05, 3.63) is 12.7 Å². The van der Waals surface area contributed by atoms with Gasteiger partial charge in [0.25, 0.3) is 5.91 Å². The predicted molar refractivity (Wildman–Crippen MR) is 58.5 cm³/mol. The van der Waals surface area contributed by atoms with Crippen LogP contribution in [0, 0.1) is 0 Å². The van der Waals surface area contributed by atoms with Gasteiger partial charge in [-0.15, -0.1) is 6.58 Å². The van der Waals surface area contributed by atoms with E-state index in [1.165, 1.54) is 6.08 Å². The highest BCUT2D eigenvalue weighted by Gasteiger charge is 2.22. The van der Waals surface area contributed by atoms with Crippen LogP contribution in [0.2, 0.25) is 0 Å². The molecule has 0 heterocycles. The number of rotatable bonds is 5. The summed E-state index contributed by atoms with van der Waals surface area (Å²) in [6.07, 6.45) is -0.541. The highest BCUT2D eigenvalue weighted by Crippen LogP contribution is 2.06. The monoisotopic (exact) mass is 230 g/mol. The largest absolute Gasteiger partial charge is 0.444 e. The fraction of sp³-hybridized carbons (Fsp3) is 0.600. The molecule has 0 aliphatic rings. The first kappa shape index (κ1) is 14.4. The zero-order valence-electron chi connectivity index (χ0n) is 9.78. The molecule has 0 spiro atoms. The summed E-state index contributed by atoms with van der Waals surface area (Å²) in [7, 11) is 0. The molecule has 0 aromatic carbocycles. The Hall–Kier alpha value is -1.56. The minimum Gasteiger partial charge on any atom is -0.444 e. The molecule has 0 radical (unpaired) electrons. The van der Waals surface area contributed by atoms with Gasteiger partial charge in [-0.3, -0.25) is 10.1 Å². The van der Waals surface area contributed by atoms with Crippen molar-refractivity contribution >= 4 is 12.0 Å². The van der Waals surface area contributed by atoms with E-state index in [0.717, 1.165) is 0 Å². The van der Waals surface area contributed by atoms with E-state index in [-0.39, 0.29) is 6.61 Å². The Morgan fingerprint density at radius 1 is 1.50 bits per heavy atom. The summed E-state index contributed by atoms with van der Waals surface area (Å²) >= 11 is 0. The van der Waals surface area contributed by atoms with Crippen LogP contribution in [0.15, 0.2) is 12.7 Å². The molecule has 0 fully saturated rings. The number of carbonyl (C=O) groups excluding carboxylic acids is 2. The van der Waals surface area contributed by atoms with E-state index >= 15 is 0 Å². The van der Waals surface area contributed by atoms with Gasteiger partial charge >= 0.3 is 6.09 Å². The lowest BCUT2D eigenvalue weighted by atomic mass is 10.2. The van der Waals surface area contributed by atoms with Crippen molar-refractivity contribution < 1.29 is 19.1 Å². The van der Waals surface area contributed by atoms with Gasteiger partial charge in [0.1, 0.15) is 5.60 Å². The molecule has 0 aliphatic heterocycles. The normalized spacial score (nSPS) is 12.7. The van der Waals surface area contributed by atoms with Gasteiger partial charge in [0.15, 0.2) is 0 Å². The lowest BCUT2D eigenvalue weighted by Gasteiger charge is -2.22. The van der Waals surface area contributed by atoms with Crippen molar-refractivity contribution in [2.75, 3.05) is 6.61 Å². The van der Waals surface area contributed by atoms with Crippen LogP contribution in [0.5, 0.6) is 0 Å². The number of nitrogens with two attached hydrogens (primary N) is 1. The molecule has 0 aromatic rings. The standard InChI is InChI=1S/C10H18N2O4/c1-5-6-15-8(7(11)13)12-9(14)16-10(2,3)4/h5,8H,1,6H2,2-4H3,(H2,11,13)(H,12,14). The lowest BCUT2D eigenvalue weighted by molar-refractivity contribution is -0.130. The Bertz CT molecular complexity index is 270. The summed E-state index contributed by atoms with van der Waals surface area (Å²) in [5.74, 6) is -0.798. The smallest absolute Gasteiger partial charge is 0.410 e. The number of ether oxygens (including phenoxy) is 2. The van der Waals surface area contributed by atoms with Crippen LogP contribution in [0.1, 0.15) is 20.8 Å². The van der Waals surface area contributed by atoms with E-state index in [9.17, 15) is 9.59 Å². The summed E-state index contributed by atoms with van der Waals surface area (Å²) in [4.78, 5) is 22.2. The second-order valence-corrected chi connectivity index (χ2v) is 4.05. The molecule has 2 amide bonds. The Kier molecular flexibility index (Phi) is 5.52. The maximum absolute atomic E-state index is 11.3. The second-order valence-electron chi connectivity index (χ2n) is 4.05. The van der Waals surface area contributed by atoms with Crippen LogP contribution >= 0.6 is 0 Å². The first-order valence-corrected chi connectivity index (χ1v) is 4.77. The van der Waals surface area contributed by atoms with Crippen molar-refractivity contribution in [2.24, 2.45) is 5.73 Å². The third kappa shape index (κ3) is 6.83. The summed E-state index contributed by atoms with van der Waals surface area (Å²) in [5.41, 5.74) is 4.37. The van der Waals surface area contributed by atoms with Gasteiger partial charge in [-0.25, -0.2) is 4.79 Å². The van der Waals surface area contributed by atoms with Gasteiger partial charge < -0.3 is 15.2 Å². The topological polar surface area (TPSA) is 90.7 Å². The first-order chi connectivity index (χ1) is 7.26. The number of alkyl carbamates (subject to hydrolysis) is 1. The molecule has 6 nitrogen and oxygen atoms in total. The average Bonchev–Trinajstić information content (AvgIpc) is 2.08. The molecule has 0 saturated heterocycles. The Morgan fingerprint density at radius 3 is 2.44 bits per heavy atom. The quantitative estimate of drug-likeness (QED) is 0.532. The zero-order chi connectivity index (χ0) is 12.8. The van der Waals surface area contributed by atoms with Crippen LogP contribution in [0.25, 0.3) is 0 Å². The lowest BCUT2D eigenvalue weighted by Crippen LogP contribution is -2.47. The Labute approximate surface area is 94.8 Å². The molecule has 16 heavy (non-hydrogen) atoms. The van der Waals surface area contributed by atoms with E-state index in [0.29, 0.717) is 0 Å². The van der Waals surface area contributed by atoms with Crippen molar-refractivity contribution in [3.63, 3.8) is 0 Å². The number of carbonyl (C=O) groups is 2. The van der Waals surface area contributed by atoms with Crippen LogP contribution in [-0.2, 0) is 14.3 Å². The van der Waals surface area contributed by atoms with Crippen LogP contribution in [0.3, 0.4) is 0 Å². The van der Waals surface area contributed by atoms with Crippen LogP contribution in [0.4, 0.5) is 4.79 Å². The van der Waals surface area contributed by atoms with Gasteiger partial charge in [0, 0.05) is 0 Å². The van der Waals surface area contributed by atoms with Crippen molar-refractivity contribution in [1.82, 2.24) is 5.32 Å². The van der Waals surface area contributed by atoms with E-state index < -0.39 is 23.8 Å². The van der Waals surface area contributed by atoms with Crippen molar-refractivity contribution in [2.45, 2.75) is 32.6 Å². The Balaban J connectivity index is 4.23. The molecular formula is C10H18N2O4. The van der Waals surface area contributed by atoms with Crippen LogP contribution < -0.4 is 11.1 Å². The highest BCUT2D eigenvalue weighted by atomic mass is 16.6. The summed E-state index contributed by atoms with van der Waals surface area (Å²) < 4.78 is 9.87. The number of hydrogen-bond acceptors (Lipinski definition) is 4. The molecule has 92 valence electrons. The molecule has 6 heteroatoms. The van der Waals surface area contributed by atoms with Gasteiger partial charge in [-0.2, -0.15) is 0 Å². The van der Waals surface area contributed by atoms with Gasteiger partial charge in [0.05, 0.1) is 6.61 Å². The minimum absolute atomic E-state index is 0.101. The van der Waals surface area contributed by atoms with Crippen molar-refractivity contribution in [1.29, 1.82) is 0 Å².